The third-order valence-corrected chi connectivity index (χ3v) is 0.247. The van der Waals surface area contributed by atoms with E-state index in [1.807, 2.05) is 6.92 Å². The van der Waals surface area contributed by atoms with Crippen molar-refractivity contribution in [3.8, 4) is 0 Å². The Hall–Kier alpha value is -0.610. The molecule has 0 radical (unpaired) electrons. The van der Waals surface area contributed by atoms with Crippen LogP contribution in [0.15, 0.2) is 12.7 Å². The van der Waals surface area contributed by atoms with Crippen LogP contribution in [0.2, 0.25) is 0 Å². The predicted octanol–water partition coefficient (Wildman–Crippen LogP) is 3.01. The first-order chi connectivity index (χ1) is 4.36. The number of hydrogen-bond donors (Lipinski definition) is 0. The van der Waals surface area contributed by atoms with E-state index in [1.165, 1.54) is 0 Å². The molecule has 0 atom stereocenters. The molecule has 0 saturated heterocycles. The molecule has 0 spiro atoms. The Morgan fingerprint density at radius 3 is 1.40 bits per heavy atom. The van der Waals surface area contributed by atoms with Crippen LogP contribution in [-0.2, 0) is 0 Å². The molecule has 0 aromatic heterocycles. The number of rotatable bonds is 0. The summed E-state index contributed by atoms with van der Waals surface area (Å²) >= 11 is 0. The molecule has 0 rings (SSSR count). The number of halogens is 5. The van der Waals surface area contributed by atoms with E-state index >= 15 is 0 Å². The highest BCUT2D eigenvalue weighted by Gasteiger charge is 2.40. The highest BCUT2D eigenvalue weighted by Crippen LogP contribution is 2.22. The van der Waals surface area contributed by atoms with E-state index in [1.54, 1.807) is 6.08 Å². The maximum Gasteiger partial charge on any atom is 0.450 e. The third-order valence-electron chi connectivity index (χ3n) is 0.247. The summed E-state index contributed by atoms with van der Waals surface area (Å²) in [4.78, 5) is 0. The molecule has 10 heavy (non-hydrogen) atoms. The van der Waals surface area contributed by atoms with Crippen molar-refractivity contribution in [2.24, 2.45) is 0 Å². The minimum atomic E-state index is -5.33. The highest BCUT2D eigenvalue weighted by atomic mass is 19.4. The zero-order valence-electron chi connectivity index (χ0n) is 5.25. The molecule has 5 heteroatoms. The van der Waals surface area contributed by atoms with Crippen LogP contribution in [0.3, 0.4) is 0 Å². The molecule has 0 aliphatic rings. The standard InChI is InChI=1S/C3H6.C2HF5/c1-3-2;3-1(4)2(5,6)7/h3H,1H2,2H3;1H. The van der Waals surface area contributed by atoms with Crippen molar-refractivity contribution in [1.29, 1.82) is 0 Å². The molecule has 0 nitrogen and oxygen atoms in total. The van der Waals surface area contributed by atoms with Crippen LogP contribution >= 0.6 is 0 Å². The van der Waals surface area contributed by atoms with Gasteiger partial charge in [0.15, 0.2) is 0 Å². The van der Waals surface area contributed by atoms with Crippen LogP contribution in [0.1, 0.15) is 6.92 Å². The van der Waals surface area contributed by atoms with Gasteiger partial charge in [-0.05, 0) is 6.92 Å². The molecule has 0 N–H and O–H groups in total. The largest absolute Gasteiger partial charge is 0.450 e. The highest BCUT2D eigenvalue weighted by molar-refractivity contribution is 4.51. The Kier molecular flexibility index (Phi) is 6.29. The average molecular weight is 162 g/mol. The van der Waals surface area contributed by atoms with Gasteiger partial charge < -0.3 is 0 Å². The summed E-state index contributed by atoms with van der Waals surface area (Å²) in [6, 6.07) is 0. The van der Waals surface area contributed by atoms with Gasteiger partial charge in [-0.15, -0.1) is 6.58 Å². The summed E-state index contributed by atoms with van der Waals surface area (Å²) < 4.78 is 52.1. The van der Waals surface area contributed by atoms with E-state index in [4.69, 9.17) is 0 Å². The second kappa shape index (κ2) is 5.20. The maximum absolute atomic E-state index is 10.4. The minimum Gasteiger partial charge on any atom is -0.200 e. The van der Waals surface area contributed by atoms with Crippen molar-refractivity contribution in [3.05, 3.63) is 12.7 Å². The van der Waals surface area contributed by atoms with Crippen molar-refractivity contribution >= 4 is 0 Å². The second-order valence-corrected chi connectivity index (χ2v) is 1.25. The molecule has 0 bridgehead atoms. The summed E-state index contributed by atoms with van der Waals surface area (Å²) in [5.41, 5.74) is 0. The van der Waals surface area contributed by atoms with E-state index < -0.39 is 12.6 Å². The van der Waals surface area contributed by atoms with Gasteiger partial charge in [-0.2, -0.15) is 13.2 Å². The summed E-state index contributed by atoms with van der Waals surface area (Å²) in [6.45, 7) is 5.25. The normalized spacial score (nSPS) is 10.3. The van der Waals surface area contributed by atoms with Crippen molar-refractivity contribution < 1.29 is 22.0 Å². The van der Waals surface area contributed by atoms with Crippen molar-refractivity contribution in [2.75, 3.05) is 0 Å². The van der Waals surface area contributed by atoms with Crippen LogP contribution in [-0.4, -0.2) is 12.6 Å². The zero-order valence-corrected chi connectivity index (χ0v) is 5.25. The fraction of sp³-hybridized carbons (Fsp3) is 0.600. The van der Waals surface area contributed by atoms with E-state index in [9.17, 15) is 22.0 Å². The van der Waals surface area contributed by atoms with Crippen LogP contribution in [0.4, 0.5) is 22.0 Å². The Morgan fingerprint density at radius 2 is 1.40 bits per heavy atom. The van der Waals surface area contributed by atoms with E-state index in [0.29, 0.717) is 0 Å². The molecule has 0 aliphatic carbocycles. The Bertz CT molecular complexity index is 82.5. The lowest BCUT2D eigenvalue weighted by Crippen LogP contribution is -2.18. The van der Waals surface area contributed by atoms with E-state index in [2.05, 4.69) is 6.58 Å². The van der Waals surface area contributed by atoms with Gasteiger partial charge in [0.25, 0.3) is 0 Å². The average Bonchev–Trinajstić information content (AvgIpc) is 1.64. The molecular formula is C5H7F5. The number of allylic oxidation sites excluding steroid dienone is 1. The fourth-order valence-electron chi connectivity index (χ4n) is 0. The van der Waals surface area contributed by atoms with E-state index in [0.717, 1.165) is 0 Å². The minimum absolute atomic E-state index is 1.75. The lowest BCUT2D eigenvalue weighted by Gasteiger charge is -2.00. The molecule has 0 saturated carbocycles. The topological polar surface area (TPSA) is 0 Å². The Morgan fingerprint density at radius 1 is 1.30 bits per heavy atom. The molecule has 0 aromatic rings. The van der Waals surface area contributed by atoms with Gasteiger partial charge in [0.2, 0.25) is 0 Å². The Labute approximate surface area is 55.3 Å². The zero-order chi connectivity index (χ0) is 8.78. The summed E-state index contributed by atoms with van der Waals surface area (Å²) in [6.07, 6.45) is -7.78. The molecular weight excluding hydrogens is 155 g/mol. The molecule has 0 aromatic carbocycles. The van der Waals surface area contributed by atoms with Gasteiger partial charge in [0, 0.05) is 0 Å². The van der Waals surface area contributed by atoms with E-state index in [-0.39, 0.29) is 0 Å². The van der Waals surface area contributed by atoms with Crippen LogP contribution in [0, 0.1) is 0 Å². The van der Waals surface area contributed by atoms with Gasteiger partial charge in [-0.1, -0.05) is 6.08 Å². The predicted molar refractivity (Wildman–Crippen MR) is 27.9 cm³/mol. The van der Waals surface area contributed by atoms with Crippen LogP contribution < -0.4 is 0 Å². The second-order valence-electron chi connectivity index (χ2n) is 1.25. The molecule has 0 fully saturated rings. The third kappa shape index (κ3) is 10.4. The smallest absolute Gasteiger partial charge is 0.200 e. The number of alkyl halides is 5. The van der Waals surface area contributed by atoms with Crippen LogP contribution in [0.5, 0.6) is 0 Å². The molecule has 0 amide bonds. The quantitative estimate of drug-likeness (QED) is 0.379. The Balaban J connectivity index is 0. The summed E-state index contributed by atoms with van der Waals surface area (Å²) in [5.74, 6) is 0. The first-order valence-corrected chi connectivity index (χ1v) is 2.28. The van der Waals surface area contributed by atoms with Crippen molar-refractivity contribution in [2.45, 2.75) is 19.5 Å². The lowest BCUT2D eigenvalue weighted by molar-refractivity contribution is -0.219. The molecule has 0 aliphatic heterocycles. The first-order valence-electron chi connectivity index (χ1n) is 2.28. The monoisotopic (exact) mass is 162 g/mol. The van der Waals surface area contributed by atoms with Gasteiger partial charge in [-0.25, -0.2) is 8.78 Å². The van der Waals surface area contributed by atoms with Gasteiger partial charge in [0.05, 0.1) is 0 Å². The summed E-state index contributed by atoms with van der Waals surface area (Å²) in [7, 11) is 0. The first kappa shape index (κ1) is 12.1. The van der Waals surface area contributed by atoms with Gasteiger partial charge >= 0.3 is 12.6 Å². The van der Waals surface area contributed by atoms with Crippen molar-refractivity contribution in [1.82, 2.24) is 0 Å². The molecule has 0 heterocycles. The maximum atomic E-state index is 10.4. The SMILES string of the molecule is C=CC.FC(F)C(F)(F)F. The fourth-order valence-corrected chi connectivity index (χ4v) is 0. The van der Waals surface area contributed by atoms with Crippen LogP contribution in [0.25, 0.3) is 0 Å². The van der Waals surface area contributed by atoms with Gasteiger partial charge in [-0.3, -0.25) is 0 Å². The summed E-state index contributed by atoms with van der Waals surface area (Å²) in [5, 5.41) is 0. The molecule has 0 unspecified atom stereocenters. The van der Waals surface area contributed by atoms with Crippen molar-refractivity contribution in [3.63, 3.8) is 0 Å². The number of hydrogen-bond acceptors (Lipinski definition) is 0. The molecule has 62 valence electrons. The lowest BCUT2D eigenvalue weighted by atomic mass is 10.7. The van der Waals surface area contributed by atoms with Gasteiger partial charge in [0.1, 0.15) is 0 Å².